The number of amides is 1. The number of nitrogens with zero attached hydrogens (tertiary/aromatic N) is 1. The van der Waals surface area contributed by atoms with Crippen molar-refractivity contribution in [1.29, 1.82) is 0 Å². The first kappa shape index (κ1) is 17.0. The van der Waals surface area contributed by atoms with E-state index in [-0.39, 0.29) is 29.1 Å². The minimum atomic E-state index is -0.0515. The van der Waals surface area contributed by atoms with Gasteiger partial charge >= 0.3 is 0 Å². The molecule has 0 unspecified atom stereocenters. The van der Waals surface area contributed by atoms with Gasteiger partial charge in [0.05, 0.1) is 5.56 Å². The zero-order valence-electron chi connectivity index (χ0n) is 15.1. The summed E-state index contributed by atoms with van der Waals surface area (Å²) in [6.45, 7) is 9.21. The van der Waals surface area contributed by atoms with Gasteiger partial charge in [-0.15, -0.1) is 0 Å². The quantitative estimate of drug-likeness (QED) is 0.791. The van der Waals surface area contributed by atoms with Crippen LogP contribution in [0.3, 0.4) is 0 Å². The zero-order chi connectivity index (χ0) is 17.5. The SMILES string of the molecule is CC(=O)c1ccccc1OCC(=O)N1C[C@@]2(C)C[C@@H]1CC(C)(C)C2. The number of fused-ring (bicyclic) bond motifs is 2. The van der Waals surface area contributed by atoms with E-state index < -0.39 is 0 Å². The second-order valence-electron chi connectivity index (χ2n) is 8.58. The van der Waals surface area contributed by atoms with Crippen LogP contribution >= 0.6 is 0 Å². The van der Waals surface area contributed by atoms with Crippen molar-refractivity contribution in [2.24, 2.45) is 10.8 Å². The third kappa shape index (κ3) is 3.33. The summed E-state index contributed by atoms with van der Waals surface area (Å²) in [5, 5.41) is 0. The lowest BCUT2D eigenvalue weighted by molar-refractivity contribution is -0.134. The van der Waals surface area contributed by atoms with Gasteiger partial charge in [0.1, 0.15) is 5.75 Å². The highest BCUT2D eigenvalue weighted by molar-refractivity contribution is 5.96. The third-order valence-electron chi connectivity index (χ3n) is 5.35. The maximum Gasteiger partial charge on any atom is 0.260 e. The van der Waals surface area contributed by atoms with Gasteiger partial charge in [-0.1, -0.05) is 32.9 Å². The van der Waals surface area contributed by atoms with Gasteiger partial charge in [-0.05, 0) is 49.1 Å². The number of hydrogen-bond acceptors (Lipinski definition) is 3. The Morgan fingerprint density at radius 3 is 2.62 bits per heavy atom. The van der Waals surface area contributed by atoms with E-state index in [2.05, 4.69) is 20.8 Å². The fraction of sp³-hybridized carbons (Fsp3) is 0.600. The van der Waals surface area contributed by atoms with Crippen LogP contribution in [0, 0.1) is 10.8 Å². The average molecular weight is 329 g/mol. The summed E-state index contributed by atoms with van der Waals surface area (Å²) in [4.78, 5) is 26.4. The van der Waals surface area contributed by atoms with Crippen molar-refractivity contribution in [2.45, 2.75) is 53.0 Å². The molecule has 2 atom stereocenters. The molecule has 24 heavy (non-hydrogen) atoms. The molecular formula is C20H27NO3. The summed E-state index contributed by atoms with van der Waals surface area (Å²) in [6.07, 6.45) is 3.30. The Hall–Kier alpha value is -1.84. The van der Waals surface area contributed by atoms with Crippen molar-refractivity contribution in [3.05, 3.63) is 29.8 Å². The van der Waals surface area contributed by atoms with Gasteiger partial charge in [0.15, 0.2) is 12.4 Å². The van der Waals surface area contributed by atoms with Crippen LogP contribution in [-0.2, 0) is 4.79 Å². The van der Waals surface area contributed by atoms with E-state index >= 15 is 0 Å². The van der Waals surface area contributed by atoms with Gasteiger partial charge in [-0.3, -0.25) is 9.59 Å². The molecule has 2 bridgehead atoms. The molecule has 1 aliphatic carbocycles. The molecule has 1 heterocycles. The standard InChI is InChI=1S/C20H27NO3/c1-14(22)16-7-5-6-8-17(16)24-11-18(23)21-13-20(4)10-15(21)9-19(2,3)12-20/h5-8,15H,9-13H2,1-4H3/t15-,20-/m0/s1. The third-order valence-corrected chi connectivity index (χ3v) is 5.35. The Labute approximate surface area is 144 Å². The van der Waals surface area contributed by atoms with E-state index in [9.17, 15) is 9.59 Å². The van der Waals surface area contributed by atoms with E-state index in [1.807, 2.05) is 11.0 Å². The number of para-hydroxylation sites is 1. The van der Waals surface area contributed by atoms with Gasteiger partial charge in [-0.25, -0.2) is 0 Å². The molecule has 1 aliphatic heterocycles. The van der Waals surface area contributed by atoms with Crippen LogP contribution in [0.4, 0.5) is 0 Å². The molecule has 0 radical (unpaired) electrons. The number of ketones is 1. The lowest BCUT2D eigenvalue weighted by Crippen LogP contribution is -2.40. The summed E-state index contributed by atoms with van der Waals surface area (Å²) in [5.74, 6) is 0.469. The Bertz CT molecular complexity index is 667. The topological polar surface area (TPSA) is 46.6 Å². The van der Waals surface area contributed by atoms with E-state index in [0.29, 0.717) is 17.4 Å². The van der Waals surface area contributed by atoms with E-state index in [1.54, 1.807) is 18.2 Å². The summed E-state index contributed by atoms with van der Waals surface area (Å²) < 4.78 is 5.69. The molecule has 0 aromatic heterocycles. The summed E-state index contributed by atoms with van der Waals surface area (Å²) >= 11 is 0. The summed E-state index contributed by atoms with van der Waals surface area (Å²) in [6, 6.07) is 7.42. The van der Waals surface area contributed by atoms with Crippen molar-refractivity contribution >= 4 is 11.7 Å². The Morgan fingerprint density at radius 1 is 1.21 bits per heavy atom. The Morgan fingerprint density at radius 2 is 1.92 bits per heavy atom. The molecule has 0 N–H and O–H groups in total. The molecule has 4 nitrogen and oxygen atoms in total. The number of ether oxygens (including phenoxy) is 1. The second-order valence-corrected chi connectivity index (χ2v) is 8.58. The highest BCUT2D eigenvalue weighted by Gasteiger charge is 2.50. The summed E-state index contributed by atoms with van der Waals surface area (Å²) in [7, 11) is 0. The maximum atomic E-state index is 12.7. The van der Waals surface area contributed by atoms with Gasteiger partial charge in [0.2, 0.25) is 0 Å². The van der Waals surface area contributed by atoms with Crippen LogP contribution in [0.5, 0.6) is 5.75 Å². The van der Waals surface area contributed by atoms with E-state index in [4.69, 9.17) is 4.74 Å². The lowest BCUT2D eigenvalue weighted by atomic mass is 9.65. The van der Waals surface area contributed by atoms with Crippen LogP contribution < -0.4 is 4.74 Å². The van der Waals surface area contributed by atoms with Gasteiger partial charge in [0, 0.05) is 12.6 Å². The number of likely N-dealkylation sites (tertiary alicyclic amines) is 1. The van der Waals surface area contributed by atoms with Crippen molar-refractivity contribution in [2.75, 3.05) is 13.2 Å². The normalized spacial score (nSPS) is 27.8. The minimum absolute atomic E-state index is 0.00268. The molecular weight excluding hydrogens is 302 g/mol. The molecule has 1 saturated heterocycles. The number of benzene rings is 1. The predicted molar refractivity (Wildman–Crippen MR) is 93.2 cm³/mol. The molecule has 130 valence electrons. The second kappa shape index (κ2) is 5.91. The number of carbonyl (C=O) groups excluding carboxylic acids is 2. The van der Waals surface area contributed by atoms with Gasteiger partial charge in [0.25, 0.3) is 5.91 Å². The highest BCUT2D eigenvalue weighted by atomic mass is 16.5. The average Bonchev–Trinajstić information content (AvgIpc) is 2.74. The van der Waals surface area contributed by atoms with Crippen LogP contribution in [-0.4, -0.2) is 35.8 Å². The smallest absolute Gasteiger partial charge is 0.260 e. The van der Waals surface area contributed by atoms with Crippen molar-refractivity contribution in [1.82, 2.24) is 4.90 Å². The number of rotatable bonds is 4. The minimum Gasteiger partial charge on any atom is -0.483 e. The van der Waals surface area contributed by atoms with Crippen molar-refractivity contribution in [3.63, 3.8) is 0 Å². The van der Waals surface area contributed by atoms with Crippen molar-refractivity contribution in [3.8, 4) is 5.75 Å². The largest absolute Gasteiger partial charge is 0.483 e. The molecule has 4 heteroatoms. The fourth-order valence-electron chi connectivity index (χ4n) is 4.86. The Balaban J connectivity index is 1.68. The van der Waals surface area contributed by atoms with E-state index in [0.717, 1.165) is 25.8 Å². The van der Waals surface area contributed by atoms with Crippen LogP contribution in [0.25, 0.3) is 0 Å². The number of Topliss-reactive ketones (excluding diaryl/α,β-unsaturated/α-hetero) is 1. The van der Waals surface area contributed by atoms with Crippen molar-refractivity contribution < 1.29 is 14.3 Å². The molecule has 1 aromatic carbocycles. The maximum absolute atomic E-state index is 12.7. The molecule has 2 fully saturated rings. The molecule has 0 spiro atoms. The van der Waals surface area contributed by atoms with Gasteiger partial charge in [-0.2, -0.15) is 0 Å². The zero-order valence-corrected chi connectivity index (χ0v) is 15.1. The van der Waals surface area contributed by atoms with Crippen LogP contribution in [0.2, 0.25) is 0 Å². The fourth-order valence-corrected chi connectivity index (χ4v) is 4.86. The number of hydrogen-bond donors (Lipinski definition) is 0. The molecule has 1 aromatic rings. The van der Waals surface area contributed by atoms with Crippen LogP contribution in [0.15, 0.2) is 24.3 Å². The Kier molecular flexibility index (Phi) is 4.18. The first-order valence-electron chi connectivity index (χ1n) is 8.71. The molecule has 2 aliphatic rings. The van der Waals surface area contributed by atoms with Gasteiger partial charge < -0.3 is 9.64 Å². The molecule has 1 saturated carbocycles. The van der Waals surface area contributed by atoms with E-state index in [1.165, 1.54) is 6.92 Å². The first-order chi connectivity index (χ1) is 11.2. The highest BCUT2D eigenvalue weighted by Crippen LogP contribution is 2.52. The molecule has 1 amide bonds. The summed E-state index contributed by atoms with van der Waals surface area (Å²) in [5.41, 5.74) is 1.03. The van der Waals surface area contributed by atoms with Crippen LogP contribution in [0.1, 0.15) is 57.3 Å². The number of carbonyl (C=O) groups is 2. The first-order valence-corrected chi connectivity index (χ1v) is 8.71. The predicted octanol–water partition coefficient (Wildman–Crippen LogP) is 3.70. The monoisotopic (exact) mass is 329 g/mol. The molecule has 3 rings (SSSR count). The lowest BCUT2D eigenvalue weighted by Gasteiger charge is -2.39.